The van der Waals surface area contributed by atoms with Gasteiger partial charge >= 0.3 is 0 Å². The second-order valence-electron chi connectivity index (χ2n) is 6.04. The SMILES string of the molecule is CC(C)(O)CNC(=O)c1nc(C2CC2)n2ccccc12. The van der Waals surface area contributed by atoms with Crippen LogP contribution in [0.15, 0.2) is 24.4 Å². The van der Waals surface area contributed by atoms with Crippen molar-refractivity contribution in [1.29, 1.82) is 0 Å². The Morgan fingerprint density at radius 2 is 2.25 bits per heavy atom. The maximum absolute atomic E-state index is 12.3. The molecule has 1 amide bonds. The van der Waals surface area contributed by atoms with Crippen LogP contribution in [0.2, 0.25) is 0 Å². The zero-order valence-corrected chi connectivity index (χ0v) is 11.8. The number of nitrogens with one attached hydrogen (secondary N) is 1. The van der Waals surface area contributed by atoms with Crippen molar-refractivity contribution in [2.45, 2.75) is 38.2 Å². The molecule has 2 heterocycles. The Kier molecular flexibility index (Phi) is 3.01. The van der Waals surface area contributed by atoms with Gasteiger partial charge in [0.15, 0.2) is 5.69 Å². The Labute approximate surface area is 117 Å². The van der Waals surface area contributed by atoms with Gasteiger partial charge in [-0.25, -0.2) is 4.98 Å². The van der Waals surface area contributed by atoms with Crippen molar-refractivity contribution in [1.82, 2.24) is 14.7 Å². The molecule has 0 aromatic carbocycles. The van der Waals surface area contributed by atoms with Gasteiger partial charge in [-0.15, -0.1) is 0 Å². The van der Waals surface area contributed by atoms with Gasteiger partial charge in [-0.05, 0) is 38.8 Å². The lowest BCUT2D eigenvalue weighted by Crippen LogP contribution is -2.38. The van der Waals surface area contributed by atoms with Crippen LogP contribution in [0.3, 0.4) is 0 Å². The summed E-state index contributed by atoms with van der Waals surface area (Å²) in [6, 6.07) is 5.75. The molecule has 0 saturated heterocycles. The number of nitrogens with zero attached hydrogens (tertiary/aromatic N) is 2. The Bertz CT molecular complexity index is 651. The normalized spacial score (nSPS) is 15.6. The van der Waals surface area contributed by atoms with Gasteiger partial charge in [0.2, 0.25) is 0 Å². The molecule has 20 heavy (non-hydrogen) atoms. The first kappa shape index (κ1) is 13.1. The van der Waals surface area contributed by atoms with E-state index in [-0.39, 0.29) is 12.5 Å². The second-order valence-corrected chi connectivity index (χ2v) is 6.04. The number of fused-ring (bicyclic) bond motifs is 1. The van der Waals surface area contributed by atoms with E-state index in [0.29, 0.717) is 11.6 Å². The van der Waals surface area contributed by atoms with Crippen molar-refractivity contribution >= 4 is 11.4 Å². The second kappa shape index (κ2) is 4.59. The molecule has 0 radical (unpaired) electrons. The molecule has 0 aliphatic heterocycles. The van der Waals surface area contributed by atoms with Crippen molar-refractivity contribution in [3.05, 3.63) is 35.9 Å². The molecule has 106 valence electrons. The summed E-state index contributed by atoms with van der Waals surface area (Å²) >= 11 is 0. The first-order valence-corrected chi connectivity index (χ1v) is 6.93. The van der Waals surface area contributed by atoms with E-state index in [0.717, 1.165) is 24.2 Å². The Morgan fingerprint density at radius 3 is 2.90 bits per heavy atom. The van der Waals surface area contributed by atoms with E-state index in [1.165, 1.54) is 0 Å². The van der Waals surface area contributed by atoms with Gasteiger partial charge in [0, 0.05) is 18.7 Å². The number of rotatable bonds is 4. The summed E-state index contributed by atoms with van der Waals surface area (Å²) in [7, 11) is 0. The van der Waals surface area contributed by atoms with Gasteiger partial charge in [0.25, 0.3) is 5.91 Å². The third-order valence-electron chi connectivity index (χ3n) is 3.41. The highest BCUT2D eigenvalue weighted by molar-refractivity contribution is 5.99. The van der Waals surface area contributed by atoms with Crippen LogP contribution >= 0.6 is 0 Å². The Balaban J connectivity index is 1.93. The first-order valence-electron chi connectivity index (χ1n) is 6.93. The zero-order valence-electron chi connectivity index (χ0n) is 11.8. The number of carbonyl (C=O) groups is 1. The maximum atomic E-state index is 12.3. The summed E-state index contributed by atoms with van der Waals surface area (Å²) in [6.45, 7) is 3.53. The minimum absolute atomic E-state index is 0.205. The minimum atomic E-state index is -0.926. The molecular weight excluding hydrogens is 254 g/mol. The van der Waals surface area contributed by atoms with Crippen LogP contribution in [0.25, 0.3) is 5.52 Å². The molecule has 1 aliphatic carbocycles. The van der Waals surface area contributed by atoms with E-state index >= 15 is 0 Å². The molecule has 2 N–H and O–H groups in total. The number of aromatic nitrogens is 2. The number of amides is 1. The molecule has 1 fully saturated rings. The molecule has 5 heteroatoms. The van der Waals surface area contributed by atoms with Crippen LogP contribution in [0, 0.1) is 0 Å². The molecular formula is C15H19N3O2. The summed E-state index contributed by atoms with van der Waals surface area (Å²) < 4.78 is 2.00. The fourth-order valence-corrected chi connectivity index (χ4v) is 2.24. The lowest BCUT2D eigenvalue weighted by molar-refractivity contribution is 0.0693. The average molecular weight is 273 g/mol. The molecule has 0 unspecified atom stereocenters. The predicted molar refractivity (Wildman–Crippen MR) is 75.8 cm³/mol. The zero-order chi connectivity index (χ0) is 14.3. The van der Waals surface area contributed by atoms with E-state index < -0.39 is 5.60 Å². The molecule has 2 aromatic heterocycles. The van der Waals surface area contributed by atoms with Gasteiger partial charge in [-0.1, -0.05) is 6.07 Å². The predicted octanol–water partition coefficient (Wildman–Crippen LogP) is 1.71. The highest BCUT2D eigenvalue weighted by Gasteiger charge is 2.30. The van der Waals surface area contributed by atoms with Gasteiger partial charge in [-0.3, -0.25) is 4.79 Å². The lowest BCUT2D eigenvalue weighted by Gasteiger charge is -2.17. The Morgan fingerprint density at radius 1 is 1.50 bits per heavy atom. The van der Waals surface area contributed by atoms with Crippen LogP contribution in [-0.2, 0) is 0 Å². The number of carbonyl (C=O) groups excluding carboxylic acids is 1. The summed E-state index contributed by atoms with van der Waals surface area (Å²) in [6.07, 6.45) is 4.22. The number of hydrogen-bond acceptors (Lipinski definition) is 3. The maximum Gasteiger partial charge on any atom is 0.272 e. The van der Waals surface area contributed by atoms with Crippen LogP contribution in [0.5, 0.6) is 0 Å². The van der Waals surface area contributed by atoms with Crippen LogP contribution < -0.4 is 5.32 Å². The van der Waals surface area contributed by atoms with Crippen molar-refractivity contribution < 1.29 is 9.90 Å². The van der Waals surface area contributed by atoms with E-state index in [1.807, 2.05) is 28.8 Å². The van der Waals surface area contributed by atoms with Crippen molar-refractivity contribution in [3.8, 4) is 0 Å². The number of aliphatic hydroxyl groups is 1. The van der Waals surface area contributed by atoms with Crippen LogP contribution in [-0.4, -0.2) is 32.5 Å². The van der Waals surface area contributed by atoms with Gasteiger partial charge in [0.1, 0.15) is 5.82 Å². The Hall–Kier alpha value is -1.88. The highest BCUT2D eigenvalue weighted by Crippen LogP contribution is 2.39. The average Bonchev–Trinajstić information content (AvgIpc) is 3.16. The fourth-order valence-electron chi connectivity index (χ4n) is 2.24. The molecule has 0 atom stereocenters. The molecule has 1 saturated carbocycles. The standard InChI is InChI=1S/C15H19N3O2/c1-15(2,20)9-16-14(19)12-11-5-3-4-8-18(11)13(17-12)10-6-7-10/h3-5,8,10,20H,6-7,9H2,1-2H3,(H,16,19). The van der Waals surface area contributed by atoms with Gasteiger partial charge in [-0.2, -0.15) is 0 Å². The number of pyridine rings is 1. The van der Waals surface area contributed by atoms with Crippen molar-refractivity contribution in [2.75, 3.05) is 6.54 Å². The summed E-state index contributed by atoms with van der Waals surface area (Å²) in [5, 5.41) is 12.4. The molecule has 5 nitrogen and oxygen atoms in total. The lowest BCUT2D eigenvalue weighted by atomic mass is 10.1. The topological polar surface area (TPSA) is 66.6 Å². The van der Waals surface area contributed by atoms with Gasteiger partial charge < -0.3 is 14.8 Å². The monoisotopic (exact) mass is 273 g/mol. The molecule has 0 bridgehead atoms. The third kappa shape index (κ3) is 2.54. The molecule has 2 aromatic rings. The molecule has 1 aliphatic rings. The summed E-state index contributed by atoms with van der Waals surface area (Å²) in [5.41, 5.74) is 0.337. The van der Waals surface area contributed by atoms with E-state index in [1.54, 1.807) is 13.8 Å². The fraction of sp³-hybridized carbons (Fsp3) is 0.467. The van der Waals surface area contributed by atoms with E-state index in [9.17, 15) is 9.90 Å². The highest BCUT2D eigenvalue weighted by atomic mass is 16.3. The van der Waals surface area contributed by atoms with E-state index in [2.05, 4.69) is 10.3 Å². The molecule has 0 spiro atoms. The van der Waals surface area contributed by atoms with Crippen LogP contribution in [0.4, 0.5) is 0 Å². The largest absolute Gasteiger partial charge is 0.389 e. The van der Waals surface area contributed by atoms with Crippen molar-refractivity contribution in [3.63, 3.8) is 0 Å². The summed E-state index contributed by atoms with van der Waals surface area (Å²) in [4.78, 5) is 16.8. The summed E-state index contributed by atoms with van der Waals surface area (Å²) in [5.74, 6) is 1.21. The number of hydrogen-bond donors (Lipinski definition) is 2. The third-order valence-corrected chi connectivity index (χ3v) is 3.41. The van der Waals surface area contributed by atoms with Gasteiger partial charge in [0.05, 0.1) is 11.1 Å². The van der Waals surface area contributed by atoms with Crippen molar-refractivity contribution in [2.24, 2.45) is 0 Å². The smallest absolute Gasteiger partial charge is 0.272 e. The van der Waals surface area contributed by atoms with E-state index in [4.69, 9.17) is 0 Å². The van der Waals surface area contributed by atoms with Crippen LogP contribution in [0.1, 0.15) is 48.9 Å². The number of imidazole rings is 1. The minimum Gasteiger partial charge on any atom is -0.389 e. The molecule has 3 rings (SSSR count). The quantitative estimate of drug-likeness (QED) is 0.891. The first-order chi connectivity index (χ1) is 9.46.